The van der Waals surface area contributed by atoms with Gasteiger partial charge in [0.15, 0.2) is 0 Å². The monoisotopic (exact) mass is 420 g/mol. The Hall–Kier alpha value is -3.81. The van der Waals surface area contributed by atoms with Crippen molar-refractivity contribution in [1.82, 2.24) is 9.78 Å². The zero-order valence-corrected chi connectivity index (χ0v) is 17.5. The second-order valence-electron chi connectivity index (χ2n) is 7.50. The van der Waals surface area contributed by atoms with Crippen molar-refractivity contribution in [3.63, 3.8) is 0 Å². The maximum Gasteiger partial charge on any atom is 0.303 e. The number of nitrogens with zero attached hydrogens (tertiary/aromatic N) is 3. The number of carboxylic acid groups (broad SMARTS) is 1. The third-order valence-electron chi connectivity index (χ3n) is 5.25. The molecule has 0 saturated heterocycles. The molecule has 8 nitrogen and oxygen atoms in total. The Bertz CT molecular complexity index is 1140. The minimum Gasteiger partial charge on any atom is -0.493 e. The van der Waals surface area contributed by atoms with Gasteiger partial charge in [-0.3, -0.25) is 14.3 Å². The van der Waals surface area contributed by atoms with Gasteiger partial charge in [0.1, 0.15) is 11.6 Å². The molecule has 1 aromatic heterocycles. The molecule has 2 heterocycles. The molecule has 0 bridgehead atoms. The van der Waals surface area contributed by atoms with Crippen LogP contribution in [0, 0.1) is 6.92 Å². The van der Waals surface area contributed by atoms with Gasteiger partial charge in [-0.25, -0.2) is 0 Å². The Labute approximate surface area is 180 Å². The number of carbonyl (C=O) groups excluding carboxylic acids is 1. The summed E-state index contributed by atoms with van der Waals surface area (Å²) in [6, 6.07) is 13.0. The lowest BCUT2D eigenvalue weighted by molar-refractivity contribution is -0.137. The van der Waals surface area contributed by atoms with E-state index in [4.69, 9.17) is 9.84 Å². The van der Waals surface area contributed by atoms with E-state index < -0.39 is 5.97 Å². The molecule has 0 fully saturated rings. The molecule has 0 radical (unpaired) electrons. The van der Waals surface area contributed by atoms with Gasteiger partial charge in [-0.15, -0.1) is 0 Å². The van der Waals surface area contributed by atoms with Gasteiger partial charge < -0.3 is 20.1 Å². The van der Waals surface area contributed by atoms with Crippen LogP contribution in [0.3, 0.4) is 0 Å². The fourth-order valence-electron chi connectivity index (χ4n) is 3.64. The van der Waals surface area contributed by atoms with E-state index in [1.165, 1.54) is 0 Å². The van der Waals surface area contributed by atoms with E-state index in [1.807, 2.05) is 38.2 Å². The van der Waals surface area contributed by atoms with Crippen LogP contribution in [0.2, 0.25) is 0 Å². The number of aromatic nitrogens is 2. The molecular formula is C23H24N4O4. The second kappa shape index (κ2) is 8.51. The summed E-state index contributed by atoms with van der Waals surface area (Å²) in [7, 11) is 1.87. The standard InChI is InChI=1S/C23H24N4O4/c1-15-12-16(9-10-20(15)31-11-5-8-21(28)29)23(30)27-14-17-13-24-26(2)22(17)25-18-6-3-4-7-19(18)27/h3-4,6-7,9-10,12-13,25H,5,8,11,14H2,1-2H3,(H,28,29). The first-order chi connectivity index (χ1) is 14.9. The number of anilines is 3. The van der Waals surface area contributed by atoms with Crippen molar-refractivity contribution < 1.29 is 19.4 Å². The van der Waals surface area contributed by atoms with Gasteiger partial charge >= 0.3 is 5.97 Å². The van der Waals surface area contributed by atoms with E-state index in [1.54, 1.807) is 34.0 Å². The van der Waals surface area contributed by atoms with Crippen LogP contribution in [0.25, 0.3) is 0 Å². The average molecular weight is 420 g/mol. The molecule has 1 amide bonds. The SMILES string of the molecule is Cc1cc(C(=O)N2Cc3cnn(C)c3Nc3ccccc32)ccc1OCCCC(=O)O. The normalized spacial score (nSPS) is 12.4. The molecule has 2 N–H and O–H groups in total. The second-order valence-corrected chi connectivity index (χ2v) is 7.50. The summed E-state index contributed by atoms with van der Waals surface area (Å²) in [6.45, 7) is 2.59. The number of para-hydroxylation sites is 2. The number of nitrogens with one attached hydrogen (secondary N) is 1. The fourth-order valence-corrected chi connectivity index (χ4v) is 3.64. The first-order valence-electron chi connectivity index (χ1n) is 10.1. The van der Waals surface area contributed by atoms with Crippen molar-refractivity contribution in [2.75, 3.05) is 16.8 Å². The highest BCUT2D eigenvalue weighted by Gasteiger charge is 2.26. The number of fused-ring (bicyclic) bond motifs is 2. The lowest BCUT2D eigenvalue weighted by atomic mass is 10.1. The number of amides is 1. The zero-order chi connectivity index (χ0) is 22.0. The van der Waals surface area contributed by atoms with Gasteiger partial charge in [0.2, 0.25) is 0 Å². The van der Waals surface area contributed by atoms with Gasteiger partial charge in [0.05, 0.1) is 30.7 Å². The van der Waals surface area contributed by atoms with Crippen LogP contribution in [-0.4, -0.2) is 33.4 Å². The molecule has 1 aliphatic heterocycles. The number of hydrogen-bond acceptors (Lipinski definition) is 5. The highest BCUT2D eigenvalue weighted by atomic mass is 16.5. The van der Waals surface area contributed by atoms with Gasteiger partial charge in [0.25, 0.3) is 5.91 Å². The van der Waals surface area contributed by atoms with Crippen molar-refractivity contribution in [2.24, 2.45) is 7.05 Å². The summed E-state index contributed by atoms with van der Waals surface area (Å²) < 4.78 is 7.45. The van der Waals surface area contributed by atoms with E-state index in [9.17, 15) is 9.59 Å². The summed E-state index contributed by atoms with van der Waals surface area (Å²) in [5, 5.41) is 16.4. The van der Waals surface area contributed by atoms with Gasteiger partial charge in [-0.05, 0) is 49.2 Å². The number of ether oxygens (including phenoxy) is 1. The smallest absolute Gasteiger partial charge is 0.303 e. The Morgan fingerprint density at radius 3 is 2.81 bits per heavy atom. The van der Waals surface area contributed by atoms with Crippen molar-refractivity contribution in [3.8, 4) is 5.75 Å². The molecular weight excluding hydrogens is 396 g/mol. The number of hydrogen-bond donors (Lipinski definition) is 2. The fraction of sp³-hybridized carbons (Fsp3) is 0.261. The molecule has 3 aromatic rings. The Kier molecular flexibility index (Phi) is 5.62. The molecule has 0 saturated carbocycles. The lowest BCUT2D eigenvalue weighted by Gasteiger charge is -2.23. The van der Waals surface area contributed by atoms with E-state index in [2.05, 4.69) is 10.4 Å². The third-order valence-corrected chi connectivity index (χ3v) is 5.25. The van der Waals surface area contributed by atoms with Crippen LogP contribution in [0.4, 0.5) is 17.2 Å². The lowest BCUT2D eigenvalue weighted by Crippen LogP contribution is -2.30. The van der Waals surface area contributed by atoms with Crippen molar-refractivity contribution in [2.45, 2.75) is 26.3 Å². The minimum atomic E-state index is -0.842. The van der Waals surface area contributed by atoms with Gasteiger partial charge in [-0.2, -0.15) is 5.10 Å². The van der Waals surface area contributed by atoms with Crippen LogP contribution in [0.15, 0.2) is 48.7 Å². The van der Waals surface area contributed by atoms with E-state index in [0.717, 1.165) is 28.3 Å². The molecule has 0 aliphatic carbocycles. The summed E-state index contributed by atoms with van der Waals surface area (Å²) in [6.07, 6.45) is 2.27. The summed E-state index contributed by atoms with van der Waals surface area (Å²) in [4.78, 5) is 25.9. The molecule has 8 heteroatoms. The Morgan fingerprint density at radius 2 is 2.03 bits per heavy atom. The van der Waals surface area contributed by atoms with Crippen LogP contribution in [0.5, 0.6) is 5.75 Å². The molecule has 0 spiro atoms. The Balaban J connectivity index is 1.58. The third kappa shape index (κ3) is 4.23. The molecule has 31 heavy (non-hydrogen) atoms. The number of carboxylic acids is 1. The maximum absolute atomic E-state index is 13.5. The van der Waals surface area contributed by atoms with Crippen molar-refractivity contribution in [1.29, 1.82) is 0 Å². The predicted molar refractivity (Wildman–Crippen MR) is 117 cm³/mol. The molecule has 4 rings (SSSR count). The van der Waals surface area contributed by atoms with Crippen LogP contribution in [-0.2, 0) is 18.4 Å². The van der Waals surface area contributed by atoms with Crippen molar-refractivity contribution in [3.05, 3.63) is 65.4 Å². The van der Waals surface area contributed by atoms with E-state index >= 15 is 0 Å². The summed E-state index contributed by atoms with van der Waals surface area (Å²) in [5.41, 5.74) is 3.95. The number of carbonyl (C=O) groups is 2. The topological polar surface area (TPSA) is 96.7 Å². The number of aryl methyl sites for hydroxylation is 2. The molecule has 1 aliphatic rings. The summed E-state index contributed by atoms with van der Waals surface area (Å²) in [5.74, 6) is 0.551. The highest BCUT2D eigenvalue weighted by Crippen LogP contribution is 2.36. The maximum atomic E-state index is 13.5. The largest absolute Gasteiger partial charge is 0.493 e. The van der Waals surface area contributed by atoms with E-state index in [0.29, 0.717) is 30.9 Å². The van der Waals surface area contributed by atoms with Crippen LogP contribution in [0.1, 0.15) is 34.3 Å². The quantitative estimate of drug-likeness (QED) is 0.588. The van der Waals surface area contributed by atoms with Crippen molar-refractivity contribution >= 4 is 29.1 Å². The molecule has 2 aromatic carbocycles. The highest BCUT2D eigenvalue weighted by molar-refractivity contribution is 6.08. The first-order valence-corrected chi connectivity index (χ1v) is 10.1. The average Bonchev–Trinajstić information content (AvgIpc) is 3.00. The molecule has 160 valence electrons. The predicted octanol–water partition coefficient (Wildman–Crippen LogP) is 3.88. The van der Waals surface area contributed by atoms with Gasteiger partial charge in [-0.1, -0.05) is 12.1 Å². The zero-order valence-electron chi connectivity index (χ0n) is 17.5. The first kappa shape index (κ1) is 20.5. The number of rotatable bonds is 6. The van der Waals surface area contributed by atoms with Gasteiger partial charge in [0, 0.05) is 24.6 Å². The number of benzene rings is 2. The molecule has 0 atom stereocenters. The Morgan fingerprint density at radius 1 is 1.23 bits per heavy atom. The van der Waals surface area contributed by atoms with Crippen LogP contribution >= 0.6 is 0 Å². The molecule has 0 unspecified atom stereocenters. The van der Waals surface area contributed by atoms with Crippen LogP contribution < -0.4 is 15.0 Å². The number of aliphatic carboxylic acids is 1. The minimum absolute atomic E-state index is 0.0638. The van der Waals surface area contributed by atoms with E-state index in [-0.39, 0.29) is 12.3 Å². The summed E-state index contributed by atoms with van der Waals surface area (Å²) >= 11 is 0.